The highest BCUT2D eigenvalue weighted by Crippen LogP contribution is 2.26. The number of piperidine rings is 1. The molecule has 0 bridgehead atoms. The third kappa shape index (κ3) is 5.49. The van der Waals surface area contributed by atoms with Gasteiger partial charge in [0.05, 0.1) is 18.9 Å². The quantitative estimate of drug-likeness (QED) is 0.715. The number of hydrogen-bond acceptors (Lipinski definition) is 3. The van der Waals surface area contributed by atoms with Crippen LogP contribution < -0.4 is 4.74 Å². The van der Waals surface area contributed by atoms with Crippen LogP contribution in [0.15, 0.2) is 30.3 Å². The second kappa shape index (κ2) is 10.5. The van der Waals surface area contributed by atoms with Crippen molar-refractivity contribution in [2.75, 3.05) is 26.2 Å². The molecule has 1 atom stereocenters. The van der Waals surface area contributed by atoms with Crippen molar-refractivity contribution in [1.82, 2.24) is 9.80 Å². The van der Waals surface area contributed by atoms with Gasteiger partial charge in [-0.3, -0.25) is 9.59 Å². The molecule has 5 heteroatoms. The first kappa shape index (κ1) is 20.7. The summed E-state index contributed by atoms with van der Waals surface area (Å²) in [7, 11) is 0. The van der Waals surface area contributed by atoms with Crippen LogP contribution in [0.2, 0.25) is 0 Å². The Morgan fingerprint density at radius 2 is 1.82 bits per heavy atom. The lowest BCUT2D eigenvalue weighted by Gasteiger charge is -2.39. The van der Waals surface area contributed by atoms with E-state index in [1.807, 2.05) is 35.2 Å². The van der Waals surface area contributed by atoms with Gasteiger partial charge >= 0.3 is 0 Å². The summed E-state index contributed by atoms with van der Waals surface area (Å²) >= 11 is 0. The van der Waals surface area contributed by atoms with Crippen LogP contribution in [0.1, 0.15) is 58.3 Å². The fourth-order valence-corrected chi connectivity index (χ4v) is 4.56. The van der Waals surface area contributed by atoms with Crippen molar-refractivity contribution < 1.29 is 14.3 Å². The molecule has 0 N–H and O–H groups in total. The Labute approximate surface area is 169 Å². The first-order valence-corrected chi connectivity index (χ1v) is 10.9. The summed E-state index contributed by atoms with van der Waals surface area (Å²) in [5.74, 6) is 1.09. The van der Waals surface area contributed by atoms with Gasteiger partial charge in [-0.25, -0.2) is 0 Å². The third-order valence-corrected chi connectivity index (χ3v) is 6.09. The summed E-state index contributed by atoms with van der Waals surface area (Å²) < 4.78 is 5.65. The van der Waals surface area contributed by atoms with Crippen LogP contribution in [-0.4, -0.2) is 53.9 Å². The van der Waals surface area contributed by atoms with E-state index in [9.17, 15) is 9.59 Å². The number of para-hydroxylation sites is 1. The van der Waals surface area contributed by atoms with E-state index in [1.165, 1.54) is 19.3 Å². The Morgan fingerprint density at radius 3 is 2.54 bits per heavy atom. The van der Waals surface area contributed by atoms with Crippen LogP contribution in [-0.2, 0) is 9.59 Å². The molecule has 1 aromatic rings. The maximum absolute atomic E-state index is 13.2. The highest BCUT2D eigenvalue weighted by atomic mass is 16.5. The molecule has 0 spiro atoms. The molecule has 1 aliphatic heterocycles. The lowest BCUT2D eigenvalue weighted by molar-refractivity contribution is -0.143. The van der Waals surface area contributed by atoms with Gasteiger partial charge in [0.1, 0.15) is 5.75 Å². The van der Waals surface area contributed by atoms with E-state index in [1.54, 1.807) is 0 Å². The fraction of sp³-hybridized carbons (Fsp3) is 0.652. The van der Waals surface area contributed by atoms with Gasteiger partial charge in [-0.2, -0.15) is 0 Å². The Kier molecular flexibility index (Phi) is 7.75. The van der Waals surface area contributed by atoms with Gasteiger partial charge in [-0.05, 0) is 44.7 Å². The maximum Gasteiger partial charge on any atom is 0.227 e. The zero-order chi connectivity index (χ0) is 19.8. The predicted octanol–water partition coefficient (Wildman–Crippen LogP) is 3.88. The maximum atomic E-state index is 13.2. The summed E-state index contributed by atoms with van der Waals surface area (Å²) in [6.07, 6.45) is 8.17. The SMILES string of the molecule is CCN(C(=O)C1CCCN(C(=O)CCOc2ccccc2)C1)C1CCCCC1. The van der Waals surface area contributed by atoms with Crippen LogP contribution in [0, 0.1) is 5.92 Å². The molecule has 3 rings (SSSR count). The fourth-order valence-electron chi connectivity index (χ4n) is 4.56. The molecule has 2 amide bonds. The molecule has 154 valence electrons. The molecule has 2 aliphatic rings. The molecular formula is C23H34N2O3. The Morgan fingerprint density at radius 1 is 1.07 bits per heavy atom. The molecule has 5 nitrogen and oxygen atoms in total. The van der Waals surface area contributed by atoms with Crippen LogP contribution in [0.5, 0.6) is 5.75 Å². The largest absolute Gasteiger partial charge is 0.493 e. The van der Waals surface area contributed by atoms with Crippen LogP contribution in [0.25, 0.3) is 0 Å². The topological polar surface area (TPSA) is 49.9 Å². The number of likely N-dealkylation sites (tertiary alicyclic amines) is 1. The molecule has 0 radical (unpaired) electrons. The summed E-state index contributed by atoms with van der Waals surface area (Å²) in [6.45, 7) is 4.55. The number of carbonyl (C=O) groups is 2. The highest BCUT2D eigenvalue weighted by molar-refractivity contribution is 5.81. The van der Waals surface area contributed by atoms with Crippen LogP contribution >= 0.6 is 0 Å². The van der Waals surface area contributed by atoms with Gasteiger partial charge in [-0.15, -0.1) is 0 Å². The lowest BCUT2D eigenvalue weighted by atomic mass is 9.91. The first-order valence-electron chi connectivity index (χ1n) is 10.9. The molecule has 1 heterocycles. The highest BCUT2D eigenvalue weighted by Gasteiger charge is 2.33. The van der Waals surface area contributed by atoms with Gasteiger partial charge in [0, 0.05) is 25.7 Å². The average molecular weight is 387 g/mol. The van der Waals surface area contributed by atoms with Crippen molar-refractivity contribution in [1.29, 1.82) is 0 Å². The molecule has 1 saturated carbocycles. The van der Waals surface area contributed by atoms with Crippen LogP contribution in [0.4, 0.5) is 0 Å². The van der Waals surface area contributed by atoms with E-state index >= 15 is 0 Å². The minimum atomic E-state index is -0.0466. The molecular weight excluding hydrogens is 352 g/mol. The number of benzene rings is 1. The number of carbonyl (C=O) groups excluding carboxylic acids is 2. The van der Waals surface area contributed by atoms with Gasteiger partial charge < -0.3 is 14.5 Å². The minimum Gasteiger partial charge on any atom is -0.493 e. The zero-order valence-corrected chi connectivity index (χ0v) is 17.1. The van der Waals surface area contributed by atoms with E-state index in [0.29, 0.717) is 25.6 Å². The third-order valence-electron chi connectivity index (χ3n) is 6.09. The number of amides is 2. The predicted molar refractivity (Wildman–Crippen MR) is 110 cm³/mol. The standard InChI is InChI=1S/C23H34N2O3/c1-2-25(20-11-5-3-6-12-20)23(27)19-10-9-16-24(18-19)22(26)15-17-28-21-13-7-4-8-14-21/h4,7-8,13-14,19-20H,2-3,5-6,9-12,15-18H2,1H3. The molecule has 28 heavy (non-hydrogen) atoms. The molecule has 0 aromatic heterocycles. The smallest absolute Gasteiger partial charge is 0.227 e. The van der Waals surface area contributed by atoms with E-state index in [-0.39, 0.29) is 17.7 Å². The van der Waals surface area contributed by atoms with E-state index < -0.39 is 0 Å². The number of nitrogens with zero attached hydrogens (tertiary/aromatic N) is 2. The monoisotopic (exact) mass is 386 g/mol. The first-order chi connectivity index (χ1) is 13.7. The van der Waals surface area contributed by atoms with Gasteiger partial charge in [0.15, 0.2) is 0 Å². The zero-order valence-electron chi connectivity index (χ0n) is 17.1. The van der Waals surface area contributed by atoms with Crippen molar-refractivity contribution in [3.05, 3.63) is 30.3 Å². The molecule has 1 aliphatic carbocycles. The summed E-state index contributed by atoms with van der Waals surface area (Å²) in [4.78, 5) is 29.7. The Balaban J connectivity index is 1.49. The van der Waals surface area contributed by atoms with Gasteiger partial charge in [0.25, 0.3) is 0 Å². The number of hydrogen-bond donors (Lipinski definition) is 0. The Bertz CT molecular complexity index is 628. The second-order valence-corrected chi connectivity index (χ2v) is 8.01. The van der Waals surface area contributed by atoms with Crippen molar-refractivity contribution in [3.8, 4) is 5.75 Å². The van der Waals surface area contributed by atoms with E-state index in [4.69, 9.17) is 4.74 Å². The van der Waals surface area contributed by atoms with Crippen molar-refractivity contribution in [2.45, 2.75) is 64.3 Å². The van der Waals surface area contributed by atoms with Crippen LogP contribution in [0.3, 0.4) is 0 Å². The Hall–Kier alpha value is -2.04. The summed E-state index contributed by atoms with van der Waals surface area (Å²) in [6, 6.07) is 9.97. The number of ether oxygens (including phenoxy) is 1. The second-order valence-electron chi connectivity index (χ2n) is 8.01. The molecule has 1 saturated heterocycles. The van der Waals surface area contributed by atoms with E-state index in [2.05, 4.69) is 11.8 Å². The lowest BCUT2D eigenvalue weighted by Crippen LogP contribution is -2.50. The molecule has 1 aromatic carbocycles. The van der Waals surface area contributed by atoms with Gasteiger partial charge in [0.2, 0.25) is 11.8 Å². The molecule has 1 unspecified atom stereocenters. The normalized spacial score (nSPS) is 20.6. The van der Waals surface area contributed by atoms with Crippen molar-refractivity contribution >= 4 is 11.8 Å². The van der Waals surface area contributed by atoms with Crippen molar-refractivity contribution in [2.24, 2.45) is 5.92 Å². The number of rotatable bonds is 7. The average Bonchev–Trinajstić information content (AvgIpc) is 2.76. The van der Waals surface area contributed by atoms with Gasteiger partial charge in [-0.1, -0.05) is 37.5 Å². The minimum absolute atomic E-state index is 0.0466. The summed E-state index contributed by atoms with van der Waals surface area (Å²) in [5.41, 5.74) is 0. The van der Waals surface area contributed by atoms with E-state index in [0.717, 1.165) is 44.5 Å². The molecule has 2 fully saturated rings. The summed E-state index contributed by atoms with van der Waals surface area (Å²) in [5, 5.41) is 0. The van der Waals surface area contributed by atoms with Crippen molar-refractivity contribution in [3.63, 3.8) is 0 Å².